The minimum atomic E-state index is -4.70. The lowest BCUT2D eigenvalue weighted by Gasteiger charge is -2.46. The maximum atomic E-state index is 15.0. The van der Waals surface area contributed by atoms with Gasteiger partial charge >= 0.3 is 25.9 Å². The fraction of sp³-hybridized carbons (Fsp3) is 0.673. The Labute approximate surface area is 409 Å². The van der Waals surface area contributed by atoms with E-state index in [9.17, 15) is 39.5 Å². The minimum absolute atomic E-state index is 0.0520. The van der Waals surface area contributed by atoms with Gasteiger partial charge in [-0.25, -0.2) is 0 Å². The zero-order valence-corrected chi connectivity index (χ0v) is 42.1. The van der Waals surface area contributed by atoms with Crippen LogP contribution in [-0.2, 0) is 18.5 Å². The Morgan fingerprint density at radius 3 is 1.06 bits per heavy atom. The number of nitrogens with zero attached hydrogens (tertiary/aromatic N) is 1. The standard InChI is InChI=1S/C55H82BF9NO3/c1-5-9-13-17-21-22-26-30-51(66(41-27-23-18-14-10-6-2,42-28-24-19-15-11-7-3)43-29-25-20-16-12-8-4)50-44-47(55(63,64)65)35-40-52(50)69-56(67-48-36-31-45(32-37-48)53(57,58)59)68-49-38-33-46(34-39-49)54(60,61)62/h31-40,44,51H,5-30,41-43H2,1-4H3/q+1. The molecule has 0 bridgehead atoms. The molecular formula is C55H82BF9NO3+. The van der Waals surface area contributed by atoms with Crippen LogP contribution in [0.25, 0.3) is 0 Å². The third kappa shape index (κ3) is 22.6. The molecule has 69 heavy (non-hydrogen) atoms. The number of alkyl halides is 9. The summed E-state index contributed by atoms with van der Waals surface area (Å²) in [6, 6.07) is 10.5. The van der Waals surface area contributed by atoms with E-state index in [1.807, 2.05) is 0 Å². The van der Waals surface area contributed by atoms with Crippen molar-refractivity contribution < 1.29 is 58.0 Å². The van der Waals surface area contributed by atoms with Crippen molar-refractivity contribution >= 4 is 7.32 Å². The average Bonchev–Trinajstić information content (AvgIpc) is 3.30. The molecular weight excluding hydrogens is 904 g/mol. The molecule has 0 aliphatic heterocycles. The number of quaternary nitrogens is 1. The Morgan fingerprint density at radius 2 is 0.710 bits per heavy atom. The highest BCUT2D eigenvalue weighted by Gasteiger charge is 2.43. The second-order valence-electron chi connectivity index (χ2n) is 19.1. The Kier molecular flexibility index (Phi) is 27.5. The van der Waals surface area contributed by atoms with Gasteiger partial charge in [-0.2, -0.15) is 39.5 Å². The molecule has 1 unspecified atom stereocenters. The third-order valence-electron chi connectivity index (χ3n) is 13.4. The molecule has 0 N–H and O–H groups in total. The first-order chi connectivity index (χ1) is 33.0. The summed E-state index contributed by atoms with van der Waals surface area (Å²) in [6.07, 6.45) is 12.9. The molecule has 0 amide bonds. The fourth-order valence-electron chi connectivity index (χ4n) is 9.38. The smallest absolute Gasteiger partial charge is 0.490 e. The normalized spacial score (nSPS) is 12.9. The van der Waals surface area contributed by atoms with Gasteiger partial charge in [0.05, 0.1) is 41.9 Å². The third-order valence-corrected chi connectivity index (χ3v) is 13.4. The van der Waals surface area contributed by atoms with Crippen LogP contribution in [0.3, 0.4) is 0 Å². The van der Waals surface area contributed by atoms with E-state index in [1.165, 1.54) is 12.1 Å². The highest BCUT2D eigenvalue weighted by Crippen LogP contribution is 2.44. The van der Waals surface area contributed by atoms with E-state index in [0.29, 0.717) is 16.5 Å². The SMILES string of the molecule is CCCCCCCCCC(c1cc(C(F)(F)F)ccc1OB(Oc1ccc(C(F)(F)F)cc1)Oc1ccc(C(F)(F)F)cc1)[N+](CCCCCCCC)(CCCCCCCC)CCCCCCCC. The Morgan fingerprint density at radius 1 is 0.391 bits per heavy atom. The van der Waals surface area contributed by atoms with E-state index in [0.717, 1.165) is 235 Å². The van der Waals surface area contributed by atoms with Crippen LogP contribution in [0, 0.1) is 0 Å². The molecule has 0 aromatic heterocycles. The lowest BCUT2D eigenvalue weighted by molar-refractivity contribution is -0.958. The van der Waals surface area contributed by atoms with Crippen LogP contribution in [0.1, 0.15) is 223 Å². The molecule has 0 aliphatic rings. The van der Waals surface area contributed by atoms with Gasteiger partial charge in [0.2, 0.25) is 0 Å². The zero-order valence-electron chi connectivity index (χ0n) is 42.1. The zero-order chi connectivity index (χ0) is 50.6. The Balaban J connectivity index is 2.27. The van der Waals surface area contributed by atoms with Crippen LogP contribution < -0.4 is 14.0 Å². The van der Waals surface area contributed by atoms with E-state index in [1.54, 1.807) is 0 Å². The Bertz CT molecular complexity index is 1680. The van der Waals surface area contributed by atoms with Gasteiger partial charge in [-0.1, -0.05) is 143 Å². The predicted octanol–water partition coefficient (Wildman–Crippen LogP) is 19.3. The molecule has 0 spiro atoms. The second-order valence-corrected chi connectivity index (χ2v) is 19.1. The van der Waals surface area contributed by atoms with E-state index >= 15 is 0 Å². The summed E-state index contributed by atoms with van der Waals surface area (Å²) in [4.78, 5) is 0. The summed E-state index contributed by atoms with van der Waals surface area (Å²) in [5.41, 5.74) is -2.38. The second kappa shape index (κ2) is 31.7. The van der Waals surface area contributed by atoms with Gasteiger partial charge in [-0.3, -0.25) is 0 Å². The summed E-state index contributed by atoms with van der Waals surface area (Å²) >= 11 is 0. The van der Waals surface area contributed by atoms with Gasteiger partial charge in [0.25, 0.3) is 0 Å². The van der Waals surface area contributed by atoms with E-state index < -0.39 is 48.6 Å². The monoisotopic (exact) mass is 987 g/mol. The molecule has 3 aromatic rings. The summed E-state index contributed by atoms with van der Waals surface area (Å²) in [7, 11) is -1.83. The van der Waals surface area contributed by atoms with E-state index in [4.69, 9.17) is 14.0 Å². The number of benzene rings is 3. The first kappa shape index (κ1) is 59.8. The van der Waals surface area contributed by atoms with Crippen molar-refractivity contribution in [2.24, 2.45) is 0 Å². The first-order valence-electron chi connectivity index (χ1n) is 26.4. The first-order valence-corrected chi connectivity index (χ1v) is 26.4. The highest BCUT2D eigenvalue weighted by molar-refractivity contribution is 6.39. The van der Waals surface area contributed by atoms with Crippen LogP contribution in [-0.4, -0.2) is 31.4 Å². The number of hydrogen-bond donors (Lipinski definition) is 0. The van der Waals surface area contributed by atoms with Crippen LogP contribution in [0.5, 0.6) is 17.2 Å². The van der Waals surface area contributed by atoms with Crippen molar-refractivity contribution in [3.05, 3.63) is 89.0 Å². The van der Waals surface area contributed by atoms with Crippen molar-refractivity contribution in [1.29, 1.82) is 0 Å². The summed E-state index contributed by atoms with van der Waals surface area (Å²) in [5.74, 6) is -0.184. The molecule has 0 heterocycles. The van der Waals surface area contributed by atoms with Gasteiger partial charge in [0, 0.05) is 6.42 Å². The number of hydrogen-bond acceptors (Lipinski definition) is 3. The van der Waals surface area contributed by atoms with Gasteiger partial charge < -0.3 is 18.4 Å². The number of unbranched alkanes of at least 4 members (excludes halogenated alkanes) is 21. The van der Waals surface area contributed by atoms with Gasteiger partial charge in [-0.05, 0) is 112 Å². The molecule has 0 fully saturated rings. The topological polar surface area (TPSA) is 27.7 Å². The highest BCUT2D eigenvalue weighted by atomic mass is 19.4. The van der Waals surface area contributed by atoms with Crippen LogP contribution >= 0.6 is 0 Å². The van der Waals surface area contributed by atoms with Crippen molar-refractivity contribution in [3.63, 3.8) is 0 Å². The molecule has 390 valence electrons. The van der Waals surface area contributed by atoms with Crippen LogP contribution in [0.2, 0.25) is 0 Å². The summed E-state index contributed by atoms with van der Waals surface area (Å²) < 4.78 is 146. The van der Waals surface area contributed by atoms with Crippen molar-refractivity contribution in [2.45, 2.75) is 219 Å². The van der Waals surface area contributed by atoms with Crippen molar-refractivity contribution in [1.82, 2.24) is 0 Å². The Hall–Kier alpha value is -3.55. The lowest BCUT2D eigenvalue weighted by atomic mass is 9.91. The molecule has 14 heteroatoms. The van der Waals surface area contributed by atoms with Gasteiger partial charge in [0.15, 0.2) is 0 Å². The van der Waals surface area contributed by atoms with Crippen molar-refractivity contribution in [2.75, 3.05) is 19.6 Å². The molecule has 4 nitrogen and oxygen atoms in total. The predicted molar refractivity (Wildman–Crippen MR) is 262 cm³/mol. The maximum Gasteiger partial charge on any atom is 0.864 e. The quantitative estimate of drug-likeness (QED) is 0.0249. The minimum Gasteiger partial charge on any atom is -0.490 e. The molecule has 0 saturated heterocycles. The number of rotatable bonds is 37. The fourth-order valence-corrected chi connectivity index (χ4v) is 9.38. The van der Waals surface area contributed by atoms with Gasteiger partial charge in [0.1, 0.15) is 23.3 Å². The van der Waals surface area contributed by atoms with Crippen LogP contribution in [0.15, 0.2) is 66.7 Å². The molecule has 0 aliphatic carbocycles. The van der Waals surface area contributed by atoms with Crippen molar-refractivity contribution in [3.8, 4) is 17.2 Å². The maximum absolute atomic E-state index is 15.0. The lowest BCUT2D eigenvalue weighted by Crippen LogP contribution is -2.53. The van der Waals surface area contributed by atoms with Gasteiger partial charge in [-0.15, -0.1) is 0 Å². The molecule has 3 aromatic carbocycles. The number of halogens is 9. The largest absolute Gasteiger partial charge is 0.864 e. The van der Waals surface area contributed by atoms with E-state index in [2.05, 4.69) is 27.7 Å². The molecule has 0 saturated carbocycles. The van der Waals surface area contributed by atoms with Crippen LogP contribution in [0.4, 0.5) is 39.5 Å². The summed E-state index contributed by atoms with van der Waals surface area (Å²) in [5, 5.41) is 0. The molecule has 3 rings (SSSR count). The summed E-state index contributed by atoms with van der Waals surface area (Å²) in [6.45, 7) is 11.0. The van der Waals surface area contributed by atoms with E-state index in [-0.39, 0.29) is 17.2 Å². The molecule has 0 radical (unpaired) electrons. The molecule has 1 atom stereocenters. The average molecular weight is 987 g/mol.